The predicted molar refractivity (Wildman–Crippen MR) is 132 cm³/mol. The fraction of sp³-hybridized carbons (Fsp3) is 0.192. The lowest BCUT2D eigenvalue weighted by Crippen LogP contribution is -2.50. The third-order valence-corrected chi connectivity index (χ3v) is 6.48. The predicted octanol–water partition coefficient (Wildman–Crippen LogP) is 8.16. The minimum atomic E-state index is -6.68. The van der Waals surface area contributed by atoms with Gasteiger partial charge in [0.2, 0.25) is 0 Å². The zero-order chi connectivity index (χ0) is 31.8. The number of amides is 2. The number of anilines is 2. The fourth-order valence-corrected chi connectivity index (χ4v) is 4.28. The van der Waals surface area contributed by atoms with Crippen LogP contribution in [0.1, 0.15) is 37.4 Å². The smallest absolute Gasteiger partial charge is 0.320 e. The van der Waals surface area contributed by atoms with Gasteiger partial charge in [-0.2, -0.15) is 44.8 Å². The van der Waals surface area contributed by atoms with Crippen molar-refractivity contribution in [1.82, 2.24) is 0 Å². The van der Waals surface area contributed by atoms with Gasteiger partial charge in [0.15, 0.2) is 0 Å². The summed E-state index contributed by atoms with van der Waals surface area (Å²) in [7, 11) is 1.29. The van der Waals surface area contributed by atoms with E-state index in [9.17, 15) is 53.5 Å². The Labute approximate surface area is 238 Å². The molecule has 3 aromatic carbocycles. The number of nitrogens with one attached hydrogen (secondary N) is 1. The Balaban J connectivity index is 2.02. The molecule has 2 amide bonds. The monoisotopic (exact) mass is 669 g/mol. The highest BCUT2D eigenvalue weighted by atomic mass is 79.9. The molecular formula is C26H14BrF10N3O2. The van der Waals surface area contributed by atoms with Gasteiger partial charge in [-0.1, -0.05) is 12.1 Å². The molecule has 3 rings (SSSR count). The zero-order valence-electron chi connectivity index (χ0n) is 20.6. The first-order chi connectivity index (χ1) is 19.2. The highest BCUT2D eigenvalue weighted by molar-refractivity contribution is 9.10. The maximum Gasteiger partial charge on any atom is 0.435 e. The lowest BCUT2D eigenvalue weighted by molar-refractivity contribution is -0.348. The first kappa shape index (κ1) is 32.4. The van der Waals surface area contributed by atoms with Crippen LogP contribution in [0.3, 0.4) is 0 Å². The van der Waals surface area contributed by atoms with Crippen LogP contribution >= 0.6 is 15.9 Å². The van der Waals surface area contributed by atoms with Gasteiger partial charge in [0, 0.05) is 33.9 Å². The van der Waals surface area contributed by atoms with Crippen molar-refractivity contribution in [2.45, 2.75) is 24.2 Å². The number of benzene rings is 3. The number of alkyl halides is 10. The summed E-state index contributed by atoms with van der Waals surface area (Å²) in [5, 5.41) is 10.8. The van der Waals surface area contributed by atoms with Gasteiger partial charge in [0.05, 0.1) is 22.9 Å². The van der Waals surface area contributed by atoms with Crippen LogP contribution in [-0.4, -0.2) is 31.2 Å². The van der Waals surface area contributed by atoms with Gasteiger partial charge in [-0.05, 0) is 64.5 Å². The largest absolute Gasteiger partial charge is 0.435 e. The van der Waals surface area contributed by atoms with Crippen molar-refractivity contribution >= 4 is 39.1 Å². The van der Waals surface area contributed by atoms with Gasteiger partial charge in [-0.25, -0.2) is 4.39 Å². The van der Waals surface area contributed by atoms with Gasteiger partial charge >= 0.3 is 24.2 Å². The van der Waals surface area contributed by atoms with Crippen molar-refractivity contribution in [3.8, 4) is 6.07 Å². The maximum atomic E-state index is 14.5. The number of rotatable bonds is 5. The second kappa shape index (κ2) is 11.3. The molecule has 0 aliphatic heterocycles. The van der Waals surface area contributed by atoms with Crippen LogP contribution in [0, 0.1) is 11.3 Å². The van der Waals surface area contributed by atoms with Gasteiger partial charge in [-0.3, -0.25) is 9.59 Å². The molecule has 0 saturated heterocycles. The summed E-state index contributed by atoms with van der Waals surface area (Å²) in [4.78, 5) is 26.8. The second-order valence-electron chi connectivity index (χ2n) is 8.59. The van der Waals surface area contributed by atoms with E-state index in [1.54, 1.807) is 5.32 Å². The second-order valence-corrected chi connectivity index (χ2v) is 9.45. The van der Waals surface area contributed by atoms with Crippen LogP contribution in [-0.2, 0) is 11.8 Å². The third kappa shape index (κ3) is 6.20. The normalized spacial score (nSPS) is 12.5. The van der Waals surface area contributed by atoms with Gasteiger partial charge in [-0.15, -0.1) is 0 Å². The van der Waals surface area contributed by atoms with Gasteiger partial charge in [0.25, 0.3) is 11.8 Å². The molecule has 0 fully saturated rings. The zero-order valence-corrected chi connectivity index (χ0v) is 22.2. The average Bonchev–Trinajstić information content (AvgIpc) is 2.90. The first-order valence-electron chi connectivity index (χ1n) is 11.2. The molecule has 0 atom stereocenters. The molecule has 0 heterocycles. The summed E-state index contributed by atoms with van der Waals surface area (Å²) in [5.41, 5.74) is -12.1. The molecule has 0 spiro atoms. The summed E-state index contributed by atoms with van der Waals surface area (Å²) in [6.07, 6.45) is -19.0. The number of halogens is 11. The Bertz CT molecular complexity index is 1560. The van der Waals surface area contributed by atoms with Crippen LogP contribution in [0.4, 0.5) is 55.3 Å². The maximum absolute atomic E-state index is 14.5. The molecule has 5 nitrogen and oxygen atoms in total. The molecule has 0 aromatic heterocycles. The molecule has 222 valence electrons. The van der Waals surface area contributed by atoms with Crippen LogP contribution in [0.5, 0.6) is 0 Å². The quantitative estimate of drug-likeness (QED) is 0.279. The van der Waals surface area contributed by atoms with E-state index >= 15 is 0 Å². The van der Waals surface area contributed by atoms with Crippen molar-refractivity contribution in [3.05, 3.63) is 93.0 Å². The lowest BCUT2D eigenvalue weighted by atomic mass is 9.92. The Hall–Kier alpha value is -4.13. The Kier molecular flexibility index (Phi) is 8.69. The number of nitrogens with zero attached hydrogens (tertiary/aromatic N) is 2. The summed E-state index contributed by atoms with van der Waals surface area (Å²) in [5.74, 6) is -1.94. The molecule has 1 N–H and O–H groups in total. The van der Waals surface area contributed by atoms with E-state index in [2.05, 4.69) is 15.9 Å². The highest BCUT2D eigenvalue weighted by Crippen LogP contribution is 2.55. The minimum absolute atomic E-state index is 0.0537. The van der Waals surface area contributed by atoms with Crippen LogP contribution in [0.25, 0.3) is 0 Å². The Morgan fingerprint density at radius 2 is 1.40 bits per heavy atom. The molecule has 16 heteroatoms. The summed E-state index contributed by atoms with van der Waals surface area (Å²) in [6, 6.07) is 11.4. The molecular weight excluding hydrogens is 656 g/mol. The number of carbonyl (C=O) groups excluding carboxylic acids is 2. The summed E-state index contributed by atoms with van der Waals surface area (Å²) >= 11 is 2.42. The SMILES string of the molecule is CN(C(=O)c1cccc(C#N)c1)c1cccc(C(=O)Nc2c(Br)cc(C(F)(C(F)(F)F)C(F)(F)F)cc2C(F)(F)F)c1. The number of hydrogen-bond acceptors (Lipinski definition) is 3. The molecule has 0 saturated carbocycles. The minimum Gasteiger partial charge on any atom is -0.320 e. The van der Waals surface area contributed by atoms with Crippen molar-refractivity contribution in [2.75, 3.05) is 17.3 Å². The topological polar surface area (TPSA) is 73.2 Å². The van der Waals surface area contributed by atoms with Crippen molar-refractivity contribution in [2.24, 2.45) is 0 Å². The van der Waals surface area contributed by atoms with Crippen LogP contribution < -0.4 is 10.2 Å². The summed E-state index contributed by atoms with van der Waals surface area (Å²) in [6.45, 7) is 0. The van der Waals surface area contributed by atoms with Crippen molar-refractivity contribution in [3.63, 3.8) is 0 Å². The standard InChI is InChI=1S/C26H14BrF10N3O2/c1-40(22(42)15-6-2-4-13(8-15)12-38)17-7-3-5-14(9-17)21(41)39-20-18(24(29,30)31)10-16(11-19(20)27)23(28,25(32,33)34)26(35,36)37/h2-11H,1H3,(H,39,41). The van der Waals surface area contributed by atoms with Gasteiger partial charge in [0.1, 0.15) is 0 Å². The van der Waals surface area contributed by atoms with E-state index in [0.29, 0.717) is 0 Å². The number of carbonyl (C=O) groups is 2. The Morgan fingerprint density at radius 1 is 0.833 bits per heavy atom. The van der Waals surface area contributed by atoms with Crippen molar-refractivity contribution in [1.29, 1.82) is 5.26 Å². The fourth-order valence-electron chi connectivity index (χ4n) is 3.72. The molecule has 42 heavy (non-hydrogen) atoms. The van der Waals surface area contributed by atoms with E-state index < -0.39 is 63.4 Å². The molecule has 0 aliphatic carbocycles. The molecule has 0 bridgehead atoms. The Morgan fingerprint density at radius 3 is 1.95 bits per heavy atom. The van der Waals surface area contributed by atoms with Crippen LogP contribution in [0.15, 0.2) is 65.1 Å². The van der Waals surface area contributed by atoms with E-state index in [0.717, 1.165) is 17.0 Å². The third-order valence-electron chi connectivity index (χ3n) is 5.85. The highest BCUT2D eigenvalue weighted by Gasteiger charge is 2.73. The molecule has 0 aliphatic rings. The van der Waals surface area contributed by atoms with E-state index in [1.807, 2.05) is 6.07 Å². The number of hydrogen-bond donors (Lipinski definition) is 1. The van der Waals surface area contributed by atoms with E-state index in [-0.39, 0.29) is 28.4 Å². The van der Waals surface area contributed by atoms with E-state index in [4.69, 9.17) is 5.26 Å². The molecule has 0 unspecified atom stereocenters. The number of nitriles is 1. The summed E-state index contributed by atoms with van der Waals surface area (Å²) < 4.78 is 134. The molecule has 3 aromatic rings. The van der Waals surface area contributed by atoms with Gasteiger partial charge < -0.3 is 10.2 Å². The van der Waals surface area contributed by atoms with Crippen molar-refractivity contribution < 1.29 is 53.5 Å². The molecule has 0 radical (unpaired) electrons. The first-order valence-corrected chi connectivity index (χ1v) is 11.9. The lowest BCUT2D eigenvalue weighted by Gasteiger charge is -2.31. The van der Waals surface area contributed by atoms with E-state index in [1.165, 1.54) is 43.4 Å². The van der Waals surface area contributed by atoms with Crippen LogP contribution in [0.2, 0.25) is 0 Å². The average molecular weight is 670 g/mol.